The Morgan fingerprint density at radius 2 is 2.23 bits per heavy atom. The van der Waals surface area contributed by atoms with E-state index in [1.807, 2.05) is 31.2 Å². The fourth-order valence-corrected chi connectivity index (χ4v) is 3.18. The van der Waals surface area contributed by atoms with Gasteiger partial charge in [0.05, 0.1) is 6.20 Å². The molecule has 3 rings (SSSR count). The molecule has 6 heteroatoms. The number of carboxylic acids is 1. The lowest BCUT2D eigenvalue weighted by Gasteiger charge is -2.25. The van der Waals surface area contributed by atoms with Crippen molar-refractivity contribution in [3.8, 4) is 0 Å². The number of β-amino-alcohol motifs (C(OH)–C–C–N with tert-alkyl or cyclic N) is 1. The lowest BCUT2D eigenvalue weighted by atomic mass is 9.89. The van der Waals surface area contributed by atoms with Crippen LogP contribution in [0, 0.1) is 6.92 Å². The van der Waals surface area contributed by atoms with Gasteiger partial charge in [-0.15, -0.1) is 0 Å². The Bertz CT molecular complexity index is 697. The van der Waals surface area contributed by atoms with Crippen molar-refractivity contribution in [1.29, 1.82) is 0 Å². The summed E-state index contributed by atoms with van der Waals surface area (Å²) in [4.78, 5) is 13.2. The molecule has 22 heavy (non-hydrogen) atoms. The van der Waals surface area contributed by atoms with Gasteiger partial charge in [-0.2, -0.15) is 5.10 Å². The van der Waals surface area contributed by atoms with Crippen LogP contribution < -0.4 is 0 Å². The Labute approximate surface area is 128 Å². The third kappa shape index (κ3) is 2.63. The molecule has 1 aromatic carbocycles. The van der Waals surface area contributed by atoms with E-state index < -0.39 is 11.6 Å². The zero-order chi connectivity index (χ0) is 15.7. The third-order valence-electron chi connectivity index (χ3n) is 4.30. The topological polar surface area (TPSA) is 89.5 Å². The van der Waals surface area contributed by atoms with Crippen LogP contribution in [0.3, 0.4) is 0 Å². The van der Waals surface area contributed by atoms with E-state index in [2.05, 4.69) is 15.1 Å². The molecule has 0 aliphatic carbocycles. The van der Waals surface area contributed by atoms with E-state index in [0.717, 1.165) is 17.7 Å². The number of carbonyl (C=O) groups is 1. The predicted molar refractivity (Wildman–Crippen MR) is 80.5 cm³/mol. The highest BCUT2D eigenvalue weighted by Gasteiger charge is 2.38. The quantitative estimate of drug-likeness (QED) is 0.796. The first-order chi connectivity index (χ1) is 10.5. The summed E-state index contributed by atoms with van der Waals surface area (Å²) in [5.74, 6) is -1.01. The summed E-state index contributed by atoms with van der Waals surface area (Å²) < 4.78 is 0. The molecule has 6 nitrogen and oxygen atoms in total. The minimum Gasteiger partial charge on any atom is -0.477 e. The van der Waals surface area contributed by atoms with E-state index >= 15 is 0 Å². The summed E-state index contributed by atoms with van der Waals surface area (Å²) in [6, 6.07) is 7.84. The second-order valence-electron chi connectivity index (χ2n) is 5.88. The summed E-state index contributed by atoms with van der Waals surface area (Å²) in [6.07, 6.45) is 2.17. The number of rotatable bonds is 4. The summed E-state index contributed by atoms with van der Waals surface area (Å²) in [5, 5.41) is 26.3. The molecule has 0 unspecified atom stereocenters. The number of benzene rings is 1. The van der Waals surface area contributed by atoms with Gasteiger partial charge in [0.1, 0.15) is 11.3 Å². The molecule has 1 aliphatic rings. The molecule has 2 aromatic rings. The van der Waals surface area contributed by atoms with Gasteiger partial charge in [0, 0.05) is 25.2 Å². The van der Waals surface area contributed by atoms with Gasteiger partial charge in [-0.05, 0) is 24.5 Å². The third-order valence-corrected chi connectivity index (χ3v) is 4.30. The zero-order valence-corrected chi connectivity index (χ0v) is 12.4. The highest BCUT2D eigenvalue weighted by atomic mass is 16.4. The molecule has 0 bridgehead atoms. The second-order valence-corrected chi connectivity index (χ2v) is 5.88. The molecule has 1 aromatic heterocycles. The van der Waals surface area contributed by atoms with Crippen molar-refractivity contribution >= 4 is 5.97 Å². The highest BCUT2D eigenvalue weighted by Crippen LogP contribution is 2.34. The van der Waals surface area contributed by atoms with Crippen LogP contribution in [0.5, 0.6) is 0 Å². The summed E-state index contributed by atoms with van der Waals surface area (Å²) in [6.45, 7) is 3.66. The minimum absolute atomic E-state index is 0.117. The Morgan fingerprint density at radius 3 is 2.95 bits per heavy atom. The monoisotopic (exact) mass is 301 g/mol. The summed E-state index contributed by atoms with van der Waals surface area (Å²) in [7, 11) is 0. The summed E-state index contributed by atoms with van der Waals surface area (Å²) in [5.41, 5.74) is 1.90. The molecular formula is C16H19N3O3. The van der Waals surface area contributed by atoms with Crippen molar-refractivity contribution in [2.75, 3.05) is 13.1 Å². The van der Waals surface area contributed by atoms with Crippen LogP contribution in [0.4, 0.5) is 0 Å². The van der Waals surface area contributed by atoms with Crippen molar-refractivity contribution in [3.05, 3.63) is 52.8 Å². The molecule has 0 saturated carbocycles. The average Bonchev–Trinajstić information content (AvgIpc) is 3.07. The number of aromatic nitrogens is 2. The normalized spacial score (nSPS) is 22.1. The van der Waals surface area contributed by atoms with Gasteiger partial charge in [0.2, 0.25) is 0 Å². The lowest BCUT2D eigenvalue weighted by molar-refractivity contribution is 0.0446. The van der Waals surface area contributed by atoms with Crippen LogP contribution >= 0.6 is 0 Å². The predicted octanol–water partition coefficient (Wildman–Crippen LogP) is 1.51. The van der Waals surface area contributed by atoms with E-state index in [1.165, 1.54) is 6.20 Å². The Kier molecular flexibility index (Phi) is 3.72. The van der Waals surface area contributed by atoms with E-state index in [-0.39, 0.29) is 5.69 Å². The Morgan fingerprint density at radius 1 is 1.45 bits per heavy atom. The molecule has 0 amide bonds. The first-order valence-corrected chi connectivity index (χ1v) is 7.26. The van der Waals surface area contributed by atoms with Gasteiger partial charge < -0.3 is 10.2 Å². The number of hydrogen-bond acceptors (Lipinski definition) is 4. The summed E-state index contributed by atoms with van der Waals surface area (Å²) >= 11 is 0. The zero-order valence-electron chi connectivity index (χ0n) is 12.4. The number of nitrogens with one attached hydrogen (secondary N) is 1. The Hall–Kier alpha value is -2.18. The fraction of sp³-hybridized carbons (Fsp3) is 0.375. The van der Waals surface area contributed by atoms with Crippen molar-refractivity contribution in [2.45, 2.75) is 25.5 Å². The molecular weight excluding hydrogens is 282 g/mol. The van der Waals surface area contributed by atoms with E-state index in [4.69, 9.17) is 5.11 Å². The van der Waals surface area contributed by atoms with Gasteiger partial charge in [-0.3, -0.25) is 10.00 Å². The molecule has 1 aliphatic heterocycles. The van der Waals surface area contributed by atoms with Gasteiger partial charge in [0.15, 0.2) is 0 Å². The molecule has 0 radical (unpaired) electrons. The van der Waals surface area contributed by atoms with E-state index in [1.54, 1.807) is 0 Å². The van der Waals surface area contributed by atoms with Gasteiger partial charge in [-0.1, -0.05) is 24.3 Å². The van der Waals surface area contributed by atoms with Crippen molar-refractivity contribution in [1.82, 2.24) is 15.1 Å². The SMILES string of the molecule is Cc1ccccc1[C@]1(O)CCN(Cc2cn[nH]c2C(=O)O)C1. The number of aromatic amines is 1. The average molecular weight is 301 g/mol. The van der Waals surface area contributed by atoms with Crippen molar-refractivity contribution in [2.24, 2.45) is 0 Å². The largest absolute Gasteiger partial charge is 0.477 e. The number of aryl methyl sites for hydroxylation is 1. The minimum atomic E-state index is -1.01. The van der Waals surface area contributed by atoms with E-state index in [0.29, 0.717) is 25.1 Å². The highest BCUT2D eigenvalue weighted by molar-refractivity contribution is 5.86. The number of H-pyrrole nitrogens is 1. The van der Waals surface area contributed by atoms with Crippen LogP contribution in [-0.2, 0) is 12.1 Å². The number of likely N-dealkylation sites (tertiary alicyclic amines) is 1. The standard InChI is InChI=1S/C16H19N3O3/c1-11-4-2-3-5-13(11)16(22)6-7-19(10-16)9-12-8-17-18-14(12)15(20)21/h2-5,8,22H,6-7,9-10H2,1H3,(H,17,18)(H,20,21)/t16-/m0/s1. The first kappa shape index (κ1) is 14.7. The smallest absolute Gasteiger partial charge is 0.354 e. The van der Waals surface area contributed by atoms with Crippen LogP contribution in [0.25, 0.3) is 0 Å². The van der Waals surface area contributed by atoms with Crippen LogP contribution in [-0.4, -0.2) is 44.4 Å². The maximum atomic E-state index is 11.1. The lowest BCUT2D eigenvalue weighted by Crippen LogP contribution is -2.31. The maximum absolute atomic E-state index is 11.1. The number of carboxylic acid groups (broad SMARTS) is 1. The van der Waals surface area contributed by atoms with Gasteiger partial charge >= 0.3 is 5.97 Å². The van der Waals surface area contributed by atoms with Gasteiger partial charge in [0.25, 0.3) is 0 Å². The number of aromatic carboxylic acids is 1. The Balaban J connectivity index is 1.76. The molecule has 3 N–H and O–H groups in total. The fourth-order valence-electron chi connectivity index (χ4n) is 3.18. The van der Waals surface area contributed by atoms with Crippen LogP contribution in [0.1, 0.15) is 33.6 Å². The van der Waals surface area contributed by atoms with Gasteiger partial charge in [-0.25, -0.2) is 4.79 Å². The molecule has 2 heterocycles. The van der Waals surface area contributed by atoms with Crippen molar-refractivity contribution in [3.63, 3.8) is 0 Å². The van der Waals surface area contributed by atoms with Crippen molar-refractivity contribution < 1.29 is 15.0 Å². The van der Waals surface area contributed by atoms with E-state index in [9.17, 15) is 9.90 Å². The van der Waals surface area contributed by atoms with Crippen LogP contribution in [0.2, 0.25) is 0 Å². The molecule has 1 saturated heterocycles. The first-order valence-electron chi connectivity index (χ1n) is 7.26. The molecule has 116 valence electrons. The number of hydrogen-bond donors (Lipinski definition) is 3. The molecule has 0 spiro atoms. The van der Waals surface area contributed by atoms with Crippen LogP contribution in [0.15, 0.2) is 30.5 Å². The number of nitrogens with zero attached hydrogens (tertiary/aromatic N) is 2. The second kappa shape index (κ2) is 5.55. The molecule has 1 fully saturated rings. The molecule has 1 atom stereocenters. The maximum Gasteiger partial charge on any atom is 0.354 e. The number of aliphatic hydroxyl groups is 1.